The van der Waals surface area contributed by atoms with E-state index < -0.39 is 0 Å². The average Bonchev–Trinajstić information content (AvgIpc) is 3.10. The van der Waals surface area contributed by atoms with E-state index in [0.29, 0.717) is 0 Å². The van der Waals surface area contributed by atoms with Crippen molar-refractivity contribution < 1.29 is 4.57 Å². The van der Waals surface area contributed by atoms with Gasteiger partial charge in [-0.3, -0.25) is 0 Å². The molecule has 0 saturated heterocycles. The van der Waals surface area contributed by atoms with Gasteiger partial charge in [0.1, 0.15) is 12.4 Å². The molecule has 0 aromatic carbocycles. The molecule has 0 bridgehead atoms. The Labute approximate surface area is 177 Å². The first-order valence-corrected chi connectivity index (χ1v) is 12.9. The predicted molar refractivity (Wildman–Crippen MR) is 124 cm³/mol. The molecule has 0 aliphatic heterocycles. The highest BCUT2D eigenvalue weighted by Gasteiger charge is 2.15. The second-order valence-corrected chi connectivity index (χ2v) is 8.75. The summed E-state index contributed by atoms with van der Waals surface area (Å²) in [4.78, 5) is 0. The molecule has 164 valence electrons. The highest BCUT2D eigenvalue weighted by molar-refractivity contribution is 4.83. The quantitative estimate of drug-likeness (QED) is 0.157. The van der Waals surface area contributed by atoms with Crippen LogP contribution < -0.4 is 4.57 Å². The Bertz CT molecular complexity index is 449. The molecular formula is C26H51N2+. The Hall–Kier alpha value is -0.790. The van der Waals surface area contributed by atoms with Crippen LogP contribution in [0.5, 0.6) is 0 Å². The first-order chi connectivity index (χ1) is 13.8. The number of unbranched alkanes of at least 4 members (excludes halogenated alkanes) is 15. The van der Waals surface area contributed by atoms with Gasteiger partial charge in [-0.25, -0.2) is 9.13 Å². The van der Waals surface area contributed by atoms with Crippen molar-refractivity contribution in [2.75, 3.05) is 0 Å². The molecule has 1 aromatic heterocycles. The number of hydrogen-bond acceptors (Lipinski definition) is 0. The summed E-state index contributed by atoms with van der Waals surface area (Å²) in [6, 6.07) is 0. The number of nitrogens with zero attached hydrogens (tertiary/aromatic N) is 2. The Kier molecular flexibility index (Phi) is 16.5. The monoisotopic (exact) mass is 391 g/mol. The van der Waals surface area contributed by atoms with Crippen molar-refractivity contribution in [3.05, 3.63) is 18.2 Å². The van der Waals surface area contributed by atoms with Gasteiger partial charge in [-0.1, -0.05) is 104 Å². The third-order valence-corrected chi connectivity index (χ3v) is 6.19. The van der Waals surface area contributed by atoms with Gasteiger partial charge in [0.25, 0.3) is 5.82 Å². The summed E-state index contributed by atoms with van der Waals surface area (Å²) in [5.41, 5.74) is 0. The van der Waals surface area contributed by atoms with Gasteiger partial charge in [0.05, 0.1) is 13.1 Å². The fraction of sp³-hybridized carbons (Fsp3) is 0.885. The lowest BCUT2D eigenvalue weighted by Gasteiger charge is -2.05. The number of rotatable bonds is 20. The molecule has 2 nitrogen and oxygen atoms in total. The number of aromatic nitrogens is 2. The molecule has 1 rings (SSSR count). The van der Waals surface area contributed by atoms with Gasteiger partial charge in [0.2, 0.25) is 0 Å². The summed E-state index contributed by atoms with van der Waals surface area (Å²) in [6.07, 6.45) is 29.9. The van der Waals surface area contributed by atoms with Crippen molar-refractivity contribution in [1.29, 1.82) is 0 Å². The van der Waals surface area contributed by atoms with Gasteiger partial charge in [-0.2, -0.15) is 0 Å². The fourth-order valence-corrected chi connectivity index (χ4v) is 4.29. The van der Waals surface area contributed by atoms with Crippen LogP contribution in [0.25, 0.3) is 0 Å². The second-order valence-electron chi connectivity index (χ2n) is 8.75. The molecule has 0 aliphatic carbocycles. The first-order valence-electron chi connectivity index (χ1n) is 12.9. The van der Waals surface area contributed by atoms with Crippen LogP contribution in [0.4, 0.5) is 0 Å². The van der Waals surface area contributed by atoms with Crippen LogP contribution in [-0.4, -0.2) is 4.57 Å². The maximum absolute atomic E-state index is 2.54. The summed E-state index contributed by atoms with van der Waals surface area (Å²) in [5, 5.41) is 0. The molecule has 1 heterocycles. The van der Waals surface area contributed by atoms with Crippen LogP contribution in [-0.2, 0) is 19.5 Å². The standard InChI is InChI=1S/C26H51N2/c1-4-7-9-11-13-14-15-16-17-19-21-23-28-25-24-27(6-3)26(28)22-20-18-12-10-8-5-2/h24-25H,4-23H2,1-3H3/q+1. The molecule has 0 unspecified atom stereocenters. The van der Waals surface area contributed by atoms with Crippen molar-refractivity contribution in [3.8, 4) is 0 Å². The van der Waals surface area contributed by atoms with Crippen LogP contribution in [0.15, 0.2) is 12.4 Å². The minimum absolute atomic E-state index is 1.11. The molecule has 0 fully saturated rings. The van der Waals surface area contributed by atoms with Gasteiger partial charge in [-0.15, -0.1) is 0 Å². The molecule has 0 N–H and O–H groups in total. The lowest BCUT2D eigenvalue weighted by atomic mass is 10.1. The fourth-order valence-electron chi connectivity index (χ4n) is 4.29. The van der Waals surface area contributed by atoms with Crippen LogP contribution >= 0.6 is 0 Å². The van der Waals surface area contributed by atoms with Gasteiger partial charge < -0.3 is 0 Å². The smallest absolute Gasteiger partial charge is 0.235 e. The molecule has 0 spiro atoms. The lowest BCUT2D eigenvalue weighted by molar-refractivity contribution is -0.704. The number of imidazole rings is 1. The molecule has 0 aliphatic rings. The maximum Gasteiger partial charge on any atom is 0.256 e. The van der Waals surface area contributed by atoms with E-state index in [2.05, 4.69) is 42.3 Å². The molecule has 0 amide bonds. The Morgan fingerprint density at radius 3 is 1.57 bits per heavy atom. The molecule has 0 radical (unpaired) electrons. The molecule has 28 heavy (non-hydrogen) atoms. The topological polar surface area (TPSA) is 8.81 Å². The van der Waals surface area contributed by atoms with E-state index in [4.69, 9.17) is 0 Å². The van der Waals surface area contributed by atoms with Crippen LogP contribution in [0.2, 0.25) is 0 Å². The highest BCUT2D eigenvalue weighted by atomic mass is 15.1. The van der Waals surface area contributed by atoms with E-state index in [9.17, 15) is 0 Å². The van der Waals surface area contributed by atoms with Crippen LogP contribution in [0, 0.1) is 0 Å². The predicted octanol–water partition coefficient (Wildman–Crippen LogP) is 8.01. The summed E-state index contributed by atoms with van der Waals surface area (Å²) < 4.78 is 5.01. The maximum atomic E-state index is 2.54. The minimum Gasteiger partial charge on any atom is -0.235 e. The van der Waals surface area contributed by atoms with E-state index in [1.807, 2.05) is 0 Å². The molecule has 0 atom stereocenters. The molecule has 1 aromatic rings. The SMILES string of the molecule is CCCCCCCCCCCCC[n+]1ccn(CC)c1CCCCCCCC. The Morgan fingerprint density at radius 2 is 1.07 bits per heavy atom. The normalized spacial score (nSPS) is 11.4. The second kappa shape index (κ2) is 18.3. The number of aryl methyl sites for hydroxylation is 2. The summed E-state index contributed by atoms with van der Waals surface area (Å²) >= 11 is 0. The van der Waals surface area contributed by atoms with E-state index in [1.165, 1.54) is 122 Å². The Balaban J connectivity index is 2.12. The number of hydrogen-bond donors (Lipinski definition) is 0. The van der Waals surface area contributed by atoms with Gasteiger partial charge >= 0.3 is 0 Å². The van der Waals surface area contributed by atoms with Crippen LogP contribution in [0.1, 0.15) is 136 Å². The molecule has 0 saturated carbocycles. The van der Waals surface area contributed by atoms with E-state index in [0.717, 1.165) is 6.54 Å². The van der Waals surface area contributed by atoms with Gasteiger partial charge in [-0.05, 0) is 26.2 Å². The molecule has 2 heteroatoms. The van der Waals surface area contributed by atoms with E-state index in [-0.39, 0.29) is 0 Å². The van der Waals surface area contributed by atoms with E-state index in [1.54, 1.807) is 5.82 Å². The zero-order chi connectivity index (χ0) is 20.3. The third-order valence-electron chi connectivity index (χ3n) is 6.19. The van der Waals surface area contributed by atoms with Crippen molar-refractivity contribution >= 4 is 0 Å². The lowest BCUT2D eigenvalue weighted by Crippen LogP contribution is -2.37. The van der Waals surface area contributed by atoms with E-state index >= 15 is 0 Å². The van der Waals surface area contributed by atoms with Crippen molar-refractivity contribution in [2.24, 2.45) is 0 Å². The van der Waals surface area contributed by atoms with Gasteiger partial charge in [0.15, 0.2) is 0 Å². The van der Waals surface area contributed by atoms with Crippen molar-refractivity contribution in [1.82, 2.24) is 4.57 Å². The largest absolute Gasteiger partial charge is 0.256 e. The highest BCUT2D eigenvalue weighted by Crippen LogP contribution is 2.12. The van der Waals surface area contributed by atoms with Crippen molar-refractivity contribution in [3.63, 3.8) is 0 Å². The summed E-state index contributed by atoms with van der Waals surface area (Å²) in [7, 11) is 0. The first kappa shape index (κ1) is 25.2. The average molecular weight is 392 g/mol. The zero-order valence-electron chi connectivity index (χ0n) is 19.7. The zero-order valence-corrected chi connectivity index (χ0v) is 19.7. The summed E-state index contributed by atoms with van der Waals surface area (Å²) in [5.74, 6) is 1.56. The summed E-state index contributed by atoms with van der Waals surface area (Å²) in [6.45, 7) is 9.20. The molecular weight excluding hydrogens is 340 g/mol. The third kappa shape index (κ3) is 11.9. The van der Waals surface area contributed by atoms with Crippen LogP contribution in [0.3, 0.4) is 0 Å². The van der Waals surface area contributed by atoms with Gasteiger partial charge in [0, 0.05) is 6.42 Å². The van der Waals surface area contributed by atoms with Crippen molar-refractivity contribution in [2.45, 2.75) is 149 Å². The minimum atomic E-state index is 1.11. The Morgan fingerprint density at radius 1 is 0.607 bits per heavy atom.